The summed E-state index contributed by atoms with van der Waals surface area (Å²) in [6.07, 6.45) is 0.805. The molecule has 0 aliphatic carbocycles. The van der Waals surface area contributed by atoms with Crippen LogP contribution in [-0.4, -0.2) is 68.8 Å². The van der Waals surface area contributed by atoms with E-state index in [9.17, 15) is 19.2 Å². The summed E-state index contributed by atoms with van der Waals surface area (Å²) in [5.74, 6) is -4.62. The first-order valence-corrected chi connectivity index (χ1v) is 8.69. The number of amides is 2. The van der Waals surface area contributed by atoms with E-state index in [-0.39, 0.29) is 6.42 Å². The number of nitrogens with one attached hydrogen (secondary N) is 3. The number of rotatable bonds is 10. The molecule has 0 saturated carbocycles. The van der Waals surface area contributed by atoms with E-state index in [0.29, 0.717) is 5.56 Å². The third-order valence-corrected chi connectivity index (χ3v) is 4.26. The highest BCUT2D eigenvalue weighted by molar-refractivity contribution is 5.93. The third-order valence-electron chi connectivity index (χ3n) is 4.26. The number of aromatic amines is 1. The molecule has 1 heterocycles. The van der Waals surface area contributed by atoms with E-state index >= 15 is 0 Å². The van der Waals surface area contributed by atoms with Crippen molar-refractivity contribution in [3.8, 4) is 0 Å². The van der Waals surface area contributed by atoms with E-state index in [1.807, 2.05) is 18.2 Å². The lowest BCUT2D eigenvalue weighted by Gasteiger charge is -2.22. The van der Waals surface area contributed by atoms with Crippen molar-refractivity contribution in [1.29, 1.82) is 0 Å². The molecule has 2 aromatic rings. The minimum atomic E-state index is -1.67. The Bertz CT molecular complexity index is 911. The number of carbonyl (C=O) groups excluding carboxylic acids is 2. The number of carboxylic acids is 2. The molecule has 0 spiro atoms. The van der Waals surface area contributed by atoms with E-state index in [1.54, 1.807) is 12.3 Å². The lowest BCUT2D eigenvalue weighted by Crippen LogP contribution is -2.56. The SMILES string of the molecule is N[C@@H](CO)C(=O)N[C@@H](Cc1c[nH]c2ccccc12)C(=O)N[C@@H](CC(=O)O)C(=O)O. The Morgan fingerprint density at radius 1 is 1.03 bits per heavy atom. The number of aliphatic hydroxyl groups excluding tert-OH is 1. The molecule has 0 unspecified atom stereocenters. The summed E-state index contributed by atoms with van der Waals surface area (Å²) in [6.45, 7) is -0.649. The fourth-order valence-corrected chi connectivity index (χ4v) is 2.74. The maximum Gasteiger partial charge on any atom is 0.326 e. The van der Waals surface area contributed by atoms with E-state index in [4.69, 9.17) is 21.1 Å². The molecule has 1 aromatic heterocycles. The van der Waals surface area contributed by atoms with Gasteiger partial charge in [-0.05, 0) is 11.6 Å². The van der Waals surface area contributed by atoms with Crippen molar-refractivity contribution in [3.63, 3.8) is 0 Å². The van der Waals surface area contributed by atoms with Gasteiger partial charge in [0.25, 0.3) is 0 Å². The molecule has 0 radical (unpaired) electrons. The summed E-state index contributed by atoms with van der Waals surface area (Å²) in [4.78, 5) is 49.8. The molecule has 0 saturated heterocycles. The summed E-state index contributed by atoms with van der Waals surface area (Å²) in [5.41, 5.74) is 6.94. The number of benzene rings is 1. The van der Waals surface area contributed by atoms with Gasteiger partial charge in [-0.1, -0.05) is 18.2 Å². The zero-order valence-corrected chi connectivity index (χ0v) is 15.3. The Balaban J connectivity index is 2.26. The van der Waals surface area contributed by atoms with E-state index in [0.717, 1.165) is 10.9 Å². The quantitative estimate of drug-likeness (QED) is 0.249. The van der Waals surface area contributed by atoms with Crippen molar-refractivity contribution >= 4 is 34.7 Å². The number of carbonyl (C=O) groups is 4. The molecule has 0 aliphatic rings. The number of para-hydroxylation sites is 1. The summed E-state index contributed by atoms with van der Waals surface area (Å²) in [5, 5.41) is 32.3. The van der Waals surface area contributed by atoms with Crippen LogP contribution in [0.5, 0.6) is 0 Å². The Labute approximate surface area is 164 Å². The monoisotopic (exact) mass is 406 g/mol. The maximum absolute atomic E-state index is 12.7. The number of nitrogens with two attached hydrogens (primary N) is 1. The fraction of sp³-hybridized carbons (Fsp3) is 0.333. The smallest absolute Gasteiger partial charge is 0.326 e. The van der Waals surface area contributed by atoms with Crippen LogP contribution in [0.25, 0.3) is 10.9 Å². The second kappa shape index (κ2) is 9.66. The predicted molar refractivity (Wildman–Crippen MR) is 101 cm³/mol. The van der Waals surface area contributed by atoms with Crippen molar-refractivity contribution in [2.75, 3.05) is 6.61 Å². The van der Waals surface area contributed by atoms with Gasteiger partial charge in [0, 0.05) is 23.5 Å². The third kappa shape index (κ3) is 5.77. The number of hydrogen-bond acceptors (Lipinski definition) is 6. The van der Waals surface area contributed by atoms with Crippen LogP contribution in [0.4, 0.5) is 0 Å². The minimum absolute atomic E-state index is 0.0147. The van der Waals surface area contributed by atoms with Gasteiger partial charge in [0.2, 0.25) is 11.8 Å². The van der Waals surface area contributed by atoms with Gasteiger partial charge >= 0.3 is 11.9 Å². The van der Waals surface area contributed by atoms with Crippen molar-refractivity contribution < 1.29 is 34.5 Å². The molecule has 0 bridgehead atoms. The lowest BCUT2D eigenvalue weighted by atomic mass is 10.0. The number of hydrogen-bond donors (Lipinski definition) is 7. The van der Waals surface area contributed by atoms with Crippen LogP contribution in [0.2, 0.25) is 0 Å². The summed E-state index contributed by atoms with van der Waals surface area (Å²) < 4.78 is 0. The Morgan fingerprint density at radius 2 is 1.69 bits per heavy atom. The first kappa shape index (κ1) is 21.9. The van der Waals surface area contributed by atoms with Crippen LogP contribution in [0.1, 0.15) is 12.0 Å². The Morgan fingerprint density at radius 3 is 2.31 bits per heavy atom. The van der Waals surface area contributed by atoms with Gasteiger partial charge in [0.1, 0.15) is 18.1 Å². The molecule has 3 atom stereocenters. The van der Waals surface area contributed by atoms with Gasteiger partial charge in [-0.2, -0.15) is 0 Å². The van der Waals surface area contributed by atoms with E-state index < -0.39 is 54.9 Å². The van der Waals surface area contributed by atoms with Gasteiger partial charge < -0.3 is 36.7 Å². The van der Waals surface area contributed by atoms with Gasteiger partial charge in [-0.15, -0.1) is 0 Å². The second-order valence-electron chi connectivity index (χ2n) is 6.41. The van der Waals surface area contributed by atoms with Gasteiger partial charge in [-0.25, -0.2) is 4.79 Å². The van der Waals surface area contributed by atoms with Gasteiger partial charge in [-0.3, -0.25) is 14.4 Å². The maximum atomic E-state index is 12.7. The van der Waals surface area contributed by atoms with Crippen LogP contribution >= 0.6 is 0 Å². The lowest BCUT2D eigenvalue weighted by molar-refractivity contribution is -0.147. The zero-order valence-electron chi connectivity index (χ0n) is 15.3. The van der Waals surface area contributed by atoms with E-state index in [2.05, 4.69) is 15.6 Å². The molecule has 156 valence electrons. The number of aromatic nitrogens is 1. The summed E-state index contributed by atoms with van der Waals surface area (Å²) in [6, 6.07) is 3.05. The van der Waals surface area contributed by atoms with Gasteiger partial charge in [0.15, 0.2) is 0 Å². The average molecular weight is 406 g/mol. The highest BCUT2D eigenvalue weighted by Gasteiger charge is 2.29. The molecule has 29 heavy (non-hydrogen) atoms. The van der Waals surface area contributed by atoms with Crippen molar-refractivity contribution in [2.24, 2.45) is 5.73 Å². The Kier molecular flexibility index (Phi) is 7.28. The summed E-state index contributed by atoms with van der Waals surface area (Å²) >= 11 is 0. The number of carboxylic acid groups (broad SMARTS) is 2. The minimum Gasteiger partial charge on any atom is -0.481 e. The molecule has 2 amide bonds. The van der Waals surface area contributed by atoms with Crippen LogP contribution in [-0.2, 0) is 25.6 Å². The normalized spacial score (nSPS) is 14.0. The van der Waals surface area contributed by atoms with Crippen molar-refractivity contribution in [3.05, 3.63) is 36.0 Å². The van der Waals surface area contributed by atoms with Crippen LogP contribution in [0.15, 0.2) is 30.5 Å². The molecule has 11 nitrogen and oxygen atoms in total. The fourth-order valence-electron chi connectivity index (χ4n) is 2.74. The molecule has 11 heteroatoms. The molecule has 0 fully saturated rings. The zero-order chi connectivity index (χ0) is 21.6. The number of aliphatic hydroxyl groups is 1. The molecule has 2 rings (SSSR count). The van der Waals surface area contributed by atoms with Crippen LogP contribution in [0.3, 0.4) is 0 Å². The second-order valence-corrected chi connectivity index (χ2v) is 6.41. The highest BCUT2D eigenvalue weighted by Crippen LogP contribution is 2.19. The number of H-pyrrole nitrogens is 1. The first-order chi connectivity index (χ1) is 13.7. The first-order valence-electron chi connectivity index (χ1n) is 8.69. The van der Waals surface area contributed by atoms with Gasteiger partial charge in [0.05, 0.1) is 13.0 Å². The van der Waals surface area contributed by atoms with E-state index in [1.165, 1.54) is 0 Å². The number of aliphatic carboxylic acids is 2. The molecular formula is C18H22N4O7. The molecular weight excluding hydrogens is 384 g/mol. The molecule has 0 aliphatic heterocycles. The van der Waals surface area contributed by atoms with Crippen molar-refractivity contribution in [1.82, 2.24) is 15.6 Å². The highest BCUT2D eigenvalue weighted by atomic mass is 16.4. The van der Waals surface area contributed by atoms with Crippen molar-refractivity contribution in [2.45, 2.75) is 31.0 Å². The molecule has 1 aromatic carbocycles. The average Bonchev–Trinajstić information content (AvgIpc) is 3.08. The predicted octanol–water partition coefficient (Wildman–Crippen LogP) is -1.44. The topological polar surface area (TPSA) is 195 Å². The van der Waals surface area contributed by atoms with Crippen LogP contribution in [0, 0.1) is 0 Å². The Hall–Kier alpha value is -3.44. The van der Waals surface area contributed by atoms with Crippen LogP contribution < -0.4 is 16.4 Å². The summed E-state index contributed by atoms with van der Waals surface area (Å²) in [7, 11) is 0. The number of fused-ring (bicyclic) bond motifs is 1. The largest absolute Gasteiger partial charge is 0.481 e. The molecule has 8 N–H and O–H groups in total. The standard InChI is InChI=1S/C18H22N4O7/c19-11(8-23)16(26)21-13(17(27)22-14(18(28)29)6-15(24)25)5-9-7-20-12-4-2-1-3-10(9)12/h1-4,7,11,13-14,20,23H,5-6,8,19H2,(H,21,26)(H,22,27)(H,24,25)(H,28,29)/t11-,13-,14-/m0/s1.